The Bertz CT molecular complexity index is 474. The normalized spacial score (nSPS) is 24.9. The lowest BCUT2D eigenvalue weighted by atomic mass is 9.59. The van der Waals surface area contributed by atoms with Crippen LogP contribution >= 0.6 is 34.8 Å². The molecule has 1 aromatic carbocycles. The van der Waals surface area contributed by atoms with Gasteiger partial charge >= 0.3 is 0 Å². The van der Waals surface area contributed by atoms with E-state index in [1.165, 1.54) is 0 Å². The summed E-state index contributed by atoms with van der Waals surface area (Å²) in [5.74, 6) is 0.583. The summed E-state index contributed by atoms with van der Waals surface area (Å²) in [4.78, 5) is 0. The van der Waals surface area contributed by atoms with E-state index >= 15 is 0 Å². The molecule has 0 bridgehead atoms. The van der Waals surface area contributed by atoms with E-state index in [-0.39, 0.29) is 17.6 Å². The zero-order valence-electron chi connectivity index (χ0n) is 11.1. The summed E-state index contributed by atoms with van der Waals surface area (Å²) in [6.07, 6.45) is 2.92. The molecule has 0 aliphatic heterocycles. The number of nitrogens with two attached hydrogens (primary N) is 1. The van der Waals surface area contributed by atoms with Crippen molar-refractivity contribution in [2.24, 2.45) is 11.1 Å². The molecule has 1 aromatic rings. The Labute approximate surface area is 129 Å². The van der Waals surface area contributed by atoms with Crippen LogP contribution in [0, 0.1) is 5.41 Å². The number of ether oxygens (including phenoxy) is 1. The number of hydrogen-bond donors (Lipinski definition) is 1. The number of hydrogen-bond acceptors (Lipinski definition) is 2. The molecular formula is C14H18Cl3NO. The Morgan fingerprint density at radius 1 is 1.16 bits per heavy atom. The van der Waals surface area contributed by atoms with Gasteiger partial charge in [-0.25, -0.2) is 0 Å². The van der Waals surface area contributed by atoms with Crippen LogP contribution < -0.4 is 10.5 Å². The Hall–Kier alpha value is -0.150. The second-order valence-electron chi connectivity index (χ2n) is 5.09. The van der Waals surface area contributed by atoms with E-state index in [9.17, 15) is 0 Å². The predicted molar refractivity (Wildman–Crippen MR) is 81.5 cm³/mol. The molecule has 2 nitrogen and oxygen atoms in total. The van der Waals surface area contributed by atoms with Gasteiger partial charge in [-0.1, -0.05) is 48.7 Å². The monoisotopic (exact) mass is 321 g/mol. The Morgan fingerprint density at radius 3 is 2.26 bits per heavy atom. The number of benzene rings is 1. The van der Waals surface area contributed by atoms with Gasteiger partial charge < -0.3 is 10.5 Å². The van der Waals surface area contributed by atoms with Gasteiger partial charge in [-0.05, 0) is 18.9 Å². The predicted octanol–water partition coefficient (Wildman–Crippen LogP) is 4.93. The van der Waals surface area contributed by atoms with Crippen LogP contribution in [0.15, 0.2) is 12.1 Å². The highest BCUT2D eigenvalue weighted by molar-refractivity contribution is 6.43. The van der Waals surface area contributed by atoms with E-state index in [1.807, 2.05) is 0 Å². The van der Waals surface area contributed by atoms with Crippen LogP contribution in [0.2, 0.25) is 15.1 Å². The first-order valence-electron chi connectivity index (χ1n) is 6.51. The summed E-state index contributed by atoms with van der Waals surface area (Å²) in [7, 11) is 0. The van der Waals surface area contributed by atoms with Crippen molar-refractivity contribution in [1.82, 2.24) is 0 Å². The van der Waals surface area contributed by atoms with Crippen molar-refractivity contribution in [2.45, 2.75) is 45.3 Å². The highest BCUT2D eigenvalue weighted by Gasteiger charge is 2.52. The second-order valence-corrected chi connectivity index (χ2v) is 6.31. The largest absolute Gasteiger partial charge is 0.488 e. The maximum Gasteiger partial charge on any atom is 0.139 e. The van der Waals surface area contributed by atoms with Gasteiger partial charge in [-0.15, -0.1) is 0 Å². The molecule has 2 N–H and O–H groups in total. The van der Waals surface area contributed by atoms with Gasteiger partial charge in [0.2, 0.25) is 0 Å². The van der Waals surface area contributed by atoms with Gasteiger partial charge in [0.1, 0.15) is 11.9 Å². The second kappa shape index (κ2) is 5.69. The first-order valence-corrected chi connectivity index (χ1v) is 7.64. The summed E-state index contributed by atoms with van der Waals surface area (Å²) in [6, 6.07) is 3.47. The van der Waals surface area contributed by atoms with Crippen molar-refractivity contribution < 1.29 is 4.74 Å². The minimum Gasteiger partial charge on any atom is -0.488 e. The van der Waals surface area contributed by atoms with Crippen LogP contribution in [0.5, 0.6) is 5.75 Å². The fraction of sp³-hybridized carbons (Fsp3) is 0.571. The minimum atomic E-state index is 0.0371. The van der Waals surface area contributed by atoms with Crippen molar-refractivity contribution >= 4 is 34.8 Å². The third kappa shape index (κ3) is 2.56. The van der Waals surface area contributed by atoms with Crippen molar-refractivity contribution in [2.75, 3.05) is 0 Å². The van der Waals surface area contributed by atoms with Crippen molar-refractivity contribution in [3.63, 3.8) is 0 Å². The van der Waals surface area contributed by atoms with E-state index in [1.54, 1.807) is 12.1 Å². The van der Waals surface area contributed by atoms with Gasteiger partial charge in [-0.2, -0.15) is 0 Å². The van der Waals surface area contributed by atoms with Gasteiger partial charge in [-0.3, -0.25) is 0 Å². The van der Waals surface area contributed by atoms with Gasteiger partial charge in [0.05, 0.1) is 15.1 Å². The Balaban J connectivity index is 2.21. The number of halogens is 3. The van der Waals surface area contributed by atoms with Gasteiger partial charge in [0.15, 0.2) is 0 Å². The third-order valence-electron chi connectivity index (χ3n) is 4.41. The van der Waals surface area contributed by atoms with E-state index in [0.717, 1.165) is 19.3 Å². The molecule has 1 aliphatic rings. The van der Waals surface area contributed by atoms with E-state index in [2.05, 4.69) is 13.8 Å². The maximum absolute atomic E-state index is 6.15. The van der Waals surface area contributed by atoms with E-state index in [0.29, 0.717) is 20.8 Å². The van der Waals surface area contributed by atoms with Crippen LogP contribution in [0.4, 0.5) is 0 Å². The summed E-state index contributed by atoms with van der Waals surface area (Å²) in [5.41, 5.74) is 6.19. The quantitative estimate of drug-likeness (QED) is 0.798. The van der Waals surface area contributed by atoms with Crippen LogP contribution in [0.25, 0.3) is 0 Å². The zero-order valence-corrected chi connectivity index (χ0v) is 13.3. The fourth-order valence-electron chi connectivity index (χ4n) is 2.92. The molecule has 5 heteroatoms. The van der Waals surface area contributed by atoms with E-state index in [4.69, 9.17) is 45.3 Å². The molecule has 1 fully saturated rings. The lowest BCUT2D eigenvalue weighted by molar-refractivity contribution is -0.0721. The van der Waals surface area contributed by atoms with Gasteiger partial charge in [0.25, 0.3) is 0 Å². The first kappa shape index (κ1) is 15.2. The average molecular weight is 323 g/mol. The van der Waals surface area contributed by atoms with Crippen LogP contribution in [-0.2, 0) is 0 Å². The highest BCUT2D eigenvalue weighted by atomic mass is 35.5. The Kier molecular flexibility index (Phi) is 4.56. The average Bonchev–Trinajstić information content (AvgIpc) is 2.36. The summed E-state index contributed by atoms with van der Waals surface area (Å²) >= 11 is 18.1. The van der Waals surface area contributed by atoms with Gasteiger partial charge in [0, 0.05) is 23.9 Å². The molecule has 0 radical (unpaired) electrons. The van der Waals surface area contributed by atoms with Crippen LogP contribution in [-0.4, -0.2) is 12.1 Å². The molecule has 1 aliphatic carbocycles. The molecule has 1 saturated carbocycles. The molecule has 2 unspecified atom stereocenters. The maximum atomic E-state index is 6.15. The minimum absolute atomic E-state index is 0.0371. The highest BCUT2D eigenvalue weighted by Crippen LogP contribution is 2.49. The Morgan fingerprint density at radius 2 is 1.74 bits per heavy atom. The van der Waals surface area contributed by atoms with Crippen molar-refractivity contribution in [3.05, 3.63) is 27.2 Å². The number of rotatable bonds is 4. The fourth-order valence-corrected chi connectivity index (χ4v) is 3.50. The summed E-state index contributed by atoms with van der Waals surface area (Å²) in [6.45, 7) is 4.30. The van der Waals surface area contributed by atoms with Crippen LogP contribution in [0.3, 0.4) is 0 Å². The molecule has 0 heterocycles. The SMILES string of the molecule is CCC1(CC)C(N)CC1Oc1cc(Cl)c(Cl)cc1Cl. The third-order valence-corrected chi connectivity index (χ3v) is 5.43. The molecular weight excluding hydrogens is 305 g/mol. The zero-order chi connectivity index (χ0) is 14.2. The summed E-state index contributed by atoms with van der Waals surface area (Å²) < 4.78 is 6.03. The van der Waals surface area contributed by atoms with E-state index < -0.39 is 0 Å². The lowest BCUT2D eigenvalue weighted by Gasteiger charge is -2.53. The smallest absolute Gasteiger partial charge is 0.139 e. The molecule has 0 aromatic heterocycles. The van der Waals surface area contributed by atoms with Crippen LogP contribution in [0.1, 0.15) is 33.1 Å². The van der Waals surface area contributed by atoms with Crippen molar-refractivity contribution in [1.29, 1.82) is 0 Å². The molecule has 0 saturated heterocycles. The van der Waals surface area contributed by atoms with Crippen molar-refractivity contribution in [3.8, 4) is 5.75 Å². The topological polar surface area (TPSA) is 35.2 Å². The molecule has 0 spiro atoms. The molecule has 2 atom stereocenters. The molecule has 2 rings (SSSR count). The molecule has 0 amide bonds. The molecule has 106 valence electrons. The summed E-state index contributed by atoms with van der Waals surface area (Å²) in [5, 5.41) is 1.36. The molecule has 19 heavy (non-hydrogen) atoms. The lowest BCUT2D eigenvalue weighted by Crippen LogP contribution is -2.62. The standard InChI is InChI=1S/C14H18Cl3NO/c1-3-14(4-2)12(18)7-13(14)19-11-6-9(16)8(15)5-10(11)17/h5-6,12-13H,3-4,7,18H2,1-2H3. The first-order chi connectivity index (χ1) is 8.94.